The van der Waals surface area contributed by atoms with Crippen LogP contribution in [0.25, 0.3) is 17.1 Å². The molecule has 0 unspecified atom stereocenters. The molecule has 15 heteroatoms. The first kappa shape index (κ1) is 24.4. The first-order valence-electron chi connectivity index (χ1n) is 10.6. The Bertz CT molecular complexity index is 1470. The second-order valence-electron chi connectivity index (χ2n) is 8.37. The lowest BCUT2D eigenvalue weighted by atomic mass is 9.93. The van der Waals surface area contributed by atoms with Gasteiger partial charge in [-0.15, -0.1) is 5.10 Å². The summed E-state index contributed by atoms with van der Waals surface area (Å²) in [6, 6.07) is 6.21. The lowest BCUT2D eigenvalue weighted by Crippen LogP contribution is -2.29. The fraction of sp³-hybridized carbons (Fsp3) is 0.227. The molecule has 5 rings (SSSR count). The molecule has 2 heterocycles. The second kappa shape index (κ2) is 8.38. The number of amides is 1. The Hall–Kier alpha value is -4.30. The molecule has 1 amide bonds. The zero-order valence-electron chi connectivity index (χ0n) is 18.3. The number of hydrogen-bond donors (Lipinski definition) is 2. The molecule has 2 aromatic heterocycles. The average molecular weight is 525 g/mol. The average Bonchev–Trinajstić information content (AvgIpc) is 3.21. The molecule has 8 nitrogen and oxygen atoms in total. The van der Waals surface area contributed by atoms with Gasteiger partial charge >= 0.3 is 12.4 Å². The molecule has 2 N–H and O–H groups in total. The lowest BCUT2D eigenvalue weighted by Gasteiger charge is -2.18. The normalized spacial score (nSPS) is 15.0. The van der Waals surface area contributed by atoms with Gasteiger partial charge in [0, 0.05) is 23.0 Å². The van der Waals surface area contributed by atoms with E-state index in [1.54, 1.807) is 0 Å². The van der Waals surface area contributed by atoms with E-state index in [9.17, 15) is 35.5 Å². The molecule has 0 saturated heterocycles. The number of aromatic nitrogens is 6. The van der Waals surface area contributed by atoms with Crippen molar-refractivity contribution in [2.24, 2.45) is 0 Å². The molecule has 2 aromatic carbocycles. The van der Waals surface area contributed by atoms with Crippen LogP contribution in [0.5, 0.6) is 0 Å². The van der Waals surface area contributed by atoms with Gasteiger partial charge in [0.15, 0.2) is 11.5 Å². The number of benzene rings is 2. The summed E-state index contributed by atoms with van der Waals surface area (Å²) in [5.74, 6) is -1.72. The molecule has 37 heavy (non-hydrogen) atoms. The number of tetrazole rings is 1. The van der Waals surface area contributed by atoms with Crippen molar-refractivity contribution >= 4 is 11.6 Å². The third-order valence-electron chi connectivity index (χ3n) is 6.00. The van der Waals surface area contributed by atoms with Crippen molar-refractivity contribution in [1.29, 1.82) is 0 Å². The SMILES string of the molecule is O=C(Nc1ccc(-n2cnc(C(F)(F)F)c2)c(-c2nnn[nH]2)c1)C1(c2ccc(C(F)(F)F)cc2F)CC1. The summed E-state index contributed by atoms with van der Waals surface area (Å²) in [5, 5.41) is 15.8. The minimum atomic E-state index is -4.73. The molecular weight excluding hydrogens is 511 g/mol. The zero-order valence-corrected chi connectivity index (χ0v) is 18.3. The van der Waals surface area contributed by atoms with Gasteiger partial charge in [0.2, 0.25) is 5.91 Å². The molecule has 4 aromatic rings. The highest BCUT2D eigenvalue weighted by Crippen LogP contribution is 2.50. The number of carbonyl (C=O) groups excluding carboxylic acids is 1. The number of carbonyl (C=O) groups is 1. The number of H-pyrrole nitrogens is 1. The summed E-state index contributed by atoms with van der Waals surface area (Å²) >= 11 is 0. The Balaban J connectivity index is 1.46. The third-order valence-corrected chi connectivity index (χ3v) is 6.00. The summed E-state index contributed by atoms with van der Waals surface area (Å²) in [7, 11) is 0. The van der Waals surface area contributed by atoms with Gasteiger partial charge in [0.1, 0.15) is 5.82 Å². The van der Waals surface area contributed by atoms with E-state index < -0.39 is 40.7 Å². The summed E-state index contributed by atoms with van der Waals surface area (Å²) in [5.41, 5.74) is -3.22. The molecule has 1 aliphatic carbocycles. The summed E-state index contributed by atoms with van der Waals surface area (Å²) in [6.45, 7) is 0. The van der Waals surface area contributed by atoms with Crippen LogP contribution in [0.4, 0.5) is 36.4 Å². The molecule has 192 valence electrons. The van der Waals surface area contributed by atoms with E-state index >= 15 is 0 Å². The van der Waals surface area contributed by atoms with Gasteiger partial charge in [-0.1, -0.05) is 6.07 Å². The van der Waals surface area contributed by atoms with Gasteiger partial charge in [-0.05, 0) is 53.6 Å². The molecule has 0 spiro atoms. The van der Waals surface area contributed by atoms with E-state index in [0.717, 1.165) is 29.2 Å². The number of rotatable bonds is 5. The maximum absolute atomic E-state index is 14.6. The molecule has 0 bridgehead atoms. The van der Waals surface area contributed by atoms with Crippen LogP contribution in [0.3, 0.4) is 0 Å². The van der Waals surface area contributed by atoms with Crippen LogP contribution in [-0.2, 0) is 22.6 Å². The van der Waals surface area contributed by atoms with Gasteiger partial charge in [0.25, 0.3) is 0 Å². The summed E-state index contributed by atoms with van der Waals surface area (Å²) in [6.07, 6.45) is -7.24. The standard InChI is InChI=1S/C22H14F7N7O/c23-15-7-11(21(24,25)26)1-3-14(15)20(5-6-20)19(37)31-12-2-4-16(13(8-12)18-32-34-35-33-18)36-9-17(30-10-36)22(27,28)29/h1-4,7-10H,5-6H2,(H,31,37)(H,32,33,34,35). The molecule has 1 aliphatic rings. The Morgan fingerprint density at radius 1 is 1.03 bits per heavy atom. The molecule has 0 aliphatic heterocycles. The number of nitrogens with zero attached hydrogens (tertiary/aromatic N) is 5. The number of hydrogen-bond acceptors (Lipinski definition) is 5. The predicted molar refractivity (Wildman–Crippen MR) is 113 cm³/mol. The minimum Gasteiger partial charge on any atom is -0.325 e. The number of alkyl halides is 6. The molecular formula is C22H14F7N7O. The van der Waals surface area contributed by atoms with Gasteiger partial charge in [-0.2, -0.15) is 26.3 Å². The third kappa shape index (κ3) is 4.51. The van der Waals surface area contributed by atoms with Gasteiger partial charge in [-0.3, -0.25) is 4.79 Å². The maximum atomic E-state index is 14.6. The molecule has 0 radical (unpaired) electrons. The van der Waals surface area contributed by atoms with E-state index in [1.165, 1.54) is 18.2 Å². The van der Waals surface area contributed by atoms with Crippen molar-refractivity contribution in [3.8, 4) is 17.1 Å². The molecule has 1 fully saturated rings. The first-order chi connectivity index (χ1) is 17.4. The van der Waals surface area contributed by atoms with Gasteiger partial charge < -0.3 is 9.88 Å². The number of halogens is 7. The Labute approximate surface area is 202 Å². The fourth-order valence-electron chi connectivity index (χ4n) is 3.98. The highest BCUT2D eigenvalue weighted by molar-refractivity contribution is 6.02. The van der Waals surface area contributed by atoms with Crippen LogP contribution in [0.1, 0.15) is 29.7 Å². The molecule has 0 atom stereocenters. The first-order valence-corrected chi connectivity index (χ1v) is 10.6. The van der Waals surface area contributed by atoms with Crippen LogP contribution in [0.2, 0.25) is 0 Å². The number of anilines is 1. The number of nitrogens with one attached hydrogen (secondary N) is 2. The van der Waals surface area contributed by atoms with E-state index in [4.69, 9.17) is 0 Å². The van der Waals surface area contributed by atoms with Crippen LogP contribution in [0, 0.1) is 5.82 Å². The monoisotopic (exact) mass is 525 g/mol. The van der Waals surface area contributed by atoms with Crippen LogP contribution in [-0.4, -0.2) is 36.1 Å². The van der Waals surface area contributed by atoms with E-state index in [-0.39, 0.29) is 41.2 Å². The van der Waals surface area contributed by atoms with Crippen molar-refractivity contribution in [2.45, 2.75) is 30.6 Å². The number of imidazole rings is 1. The van der Waals surface area contributed by atoms with Gasteiger partial charge in [-0.25, -0.2) is 14.5 Å². The van der Waals surface area contributed by atoms with Crippen LogP contribution in [0.15, 0.2) is 48.9 Å². The smallest absolute Gasteiger partial charge is 0.325 e. The van der Waals surface area contributed by atoms with Crippen LogP contribution >= 0.6 is 0 Å². The Kier molecular flexibility index (Phi) is 5.53. The highest BCUT2D eigenvalue weighted by Gasteiger charge is 2.53. The van der Waals surface area contributed by atoms with Crippen molar-refractivity contribution in [2.75, 3.05) is 5.32 Å². The Morgan fingerprint density at radius 3 is 2.35 bits per heavy atom. The van der Waals surface area contributed by atoms with E-state index in [2.05, 4.69) is 30.9 Å². The largest absolute Gasteiger partial charge is 0.434 e. The maximum Gasteiger partial charge on any atom is 0.434 e. The van der Waals surface area contributed by atoms with E-state index in [1.807, 2.05) is 0 Å². The van der Waals surface area contributed by atoms with Gasteiger partial charge in [0.05, 0.1) is 23.0 Å². The Morgan fingerprint density at radius 2 is 1.78 bits per heavy atom. The quantitative estimate of drug-likeness (QED) is 0.361. The number of aromatic amines is 1. The van der Waals surface area contributed by atoms with Crippen molar-refractivity contribution < 1.29 is 35.5 Å². The second-order valence-corrected chi connectivity index (χ2v) is 8.37. The van der Waals surface area contributed by atoms with Crippen molar-refractivity contribution in [3.05, 3.63) is 71.6 Å². The van der Waals surface area contributed by atoms with Crippen molar-refractivity contribution in [1.82, 2.24) is 30.2 Å². The minimum absolute atomic E-state index is 0.0725. The predicted octanol–water partition coefficient (Wildman–Crippen LogP) is 4.90. The zero-order chi connectivity index (χ0) is 26.6. The lowest BCUT2D eigenvalue weighted by molar-refractivity contribution is -0.141. The van der Waals surface area contributed by atoms with Crippen molar-refractivity contribution in [3.63, 3.8) is 0 Å². The summed E-state index contributed by atoms with van der Waals surface area (Å²) < 4.78 is 93.5. The summed E-state index contributed by atoms with van der Waals surface area (Å²) in [4.78, 5) is 16.5. The highest BCUT2D eigenvalue weighted by atomic mass is 19.4. The molecule has 1 saturated carbocycles. The fourth-order valence-corrected chi connectivity index (χ4v) is 3.98. The topological polar surface area (TPSA) is 101 Å². The van der Waals surface area contributed by atoms with E-state index in [0.29, 0.717) is 6.07 Å². The van der Waals surface area contributed by atoms with Crippen LogP contribution < -0.4 is 5.32 Å².